The number of hydrogen-bond acceptors (Lipinski definition) is 4. The molecule has 0 rings (SSSR count). The van der Waals surface area contributed by atoms with Gasteiger partial charge in [0.05, 0.1) is 0 Å². The molecule has 20 heavy (non-hydrogen) atoms. The van der Waals surface area contributed by atoms with E-state index in [1.54, 1.807) is 0 Å². The van der Waals surface area contributed by atoms with Crippen LogP contribution in [0.2, 0.25) is 0 Å². The van der Waals surface area contributed by atoms with Gasteiger partial charge in [-0.3, -0.25) is 4.79 Å². The molecule has 1 N–H and O–H groups in total. The predicted octanol–water partition coefficient (Wildman–Crippen LogP) is 3.72. The van der Waals surface area contributed by atoms with Crippen molar-refractivity contribution in [1.29, 1.82) is 0 Å². The van der Waals surface area contributed by atoms with Crippen molar-refractivity contribution in [2.24, 2.45) is 0 Å². The lowest BCUT2D eigenvalue weighted by Crippen LogP contribution is -1.97. The normalized spacial score (nSPS) is 9.45. The van der Waals surface area contributed by atoms with Gasteiger partial charge < -0.3 is 10.0 Å². The summed E-state index contributed by atoms with van der Waals surface area (Å²) in [6.45, 7) is 2.16. The highest BCUT2D eigenvalue weighted by molar-refractivity contribution is 5.78. The number of rotatable bonds is 12. The van der Waals surface area contributed by atoms with Crippen molar-refractivity contribution in [3.8, 4) is 0 Å². The Morgan fingerprint density at radius 3 is 2.00 bits per heavy atom. The second-order valence-corrected chi connectivity index (χ2v) is 4.71. The number of ketones is 1. The zero-order valence-electron chi connectivity index (χ0n) is 12.4. The fraction of sp³-hybridized carbons (Fsp3) is 0.857. The van der Waals surface area contributed by atoms with Crippen molar-refractivity contribution in [3.05, 3.63) is 10.1 Å². The highest BCUT2D eigenvalue weighted by atomic mass is 16.9. The third-order valence-electron chi connectivity index (χ3n) is 2.84. The Morgan fingerprint density at radius 2 is 1.50 bits per heavy atom. The molecule has 0 radical (unpaired) electrons. The summed E-state index contributed by atoms with van der Waals surface area (Å²) in [4.78, 5) is 29.8. The van der Waals surface area contributed by atoms with Gasteiger partial charge in [0.1, 0.15) is 12.1 Å². The number of hydrogen-bond donors (Lipinski definition) is 1. The molecule has 0 amide bonds. The van der Waals surface area contributed by atoms with Crippen LogP contribution in [0.15, 0.2) is 0 Å². The fourth-order valence-corrected chi connectivity index (χ4v) is 1.78. The van der Waals surface area contributed by atoms with Crippen molar-refractivity contribution >= 4 is 12.1 Å². The molecule has 6 heteroatoms. The summed E-state index contributed by atoms with van der Waals surface area (Å²) in [6, 6.07) is 0. The third kappa shape index (κ3) is 25.4. The van der Waals surface area contributed by atoms with Gasteiger partial charge in [-0.25, -0.2) is 0 Å². The van der Waals surface area contributed by atoms with Gasteiger partial charge >= 0.3 is 0 Å². The maximum absolute atomic E-state index is 11.4. The smallest absolute Gasteiger partial charge is 0.291 e. The van der Waals surface area contributed by atoms with E-state index < -0.39 is 5.09 Å². The first kappa shape index (κ1) is 20.8. The monoisotopic (exact) mass is 289 g/mol. The number of carbonyl (C=O) groups excluding carboxylic acids is 2. The molecule has 0 saturated heterocycles. The van der Waals surface area contributed by atoms with Crippen molar-refractivity contribution < 1.29 is 19.9 Å². The summed E-state index contributed by atoms with van der Waals surface area (Å²) in [5, 5.41) is 13.6. The Labute approximate surface area is 120 Å². The molecule has 0 spiro atoms. The van der Waals surface area contributed by atoms with Crippen molar-refractivity contribution in [1.82, 2.24) is 0 Å². The lowest BCUT2D eigenvalue weighted by atomic mass is 10.0. The molecule has 0 fully saturated rings. The Bertz CT molecular complexity index is 252. The van der Waals surface area contributed by atoms with Gasteiger partial charge in [-0.05, 0) is 19.3 Å². The lowest BCUT2D eigenvalue weighted by molar-refractivity contribution is -0.742. The standard InChI is InChI=1S/C14H26O2.HNO3/c1-2-3-8-11-14(16)12-9-6-4-5-7-10-13-15;2-1(3)4/h13H,2-12H2,1H3;(H,2,3,4). The minimum absolute atomic E-state index is 0.432. The van der Waals surface area contributed by atoms with Crippen LogP contribution in [0, 0.1) is 10.1 Å². The first-order valence-electron chi connectivity index (χ1n) is 7.33. The number of carbonyl (C=O) groups is 2. The van der Waals surface area contributed by atoms with E-state index in [2.05, 4.69) is 6.92 Å². The molecule has 0 bridgehead atoms. The van der Waals surface area contributed by atoms with Crippen LogP contribution in [0.3, 0.4) is 0 Å². The Kier molecular flexibility index (Phi) is 18.3. The summed E-state index contributed by atoms with van der Waals surface area (Å²) in [7, 11) is 0. The van der Waals surface area contributed by atoms with E-state index in [-0.39, 0.29) is 0 Å². The van der Waals surface area contributed by atoms with E-state index >= 15 is 0 Å². The van der Waals surface area contributed by atoms with Gasteiger partial charge in [-0.1, -0.05) is 39.0 Å². The van der Waals surface area contributed by atoms with E-state index in [0.29, 0.717) is 12.2 Å². The van der Waals surface area contributed by atoms with Gasteiger partial charge in [0.2, 0.25) is 0 Å². The van der Waals surface area contributed by atoms with Gasteiger partial charge in [0.25, 0.3) is 5.09 Å². The van der Waals surface area contributed by atoms with Crippen LogP contribution < -0.4 is 0 Å². The summed E-state index contributed by atoms with van der Waals surface area (Å²) in [5.41, 5.74) is 0. The average molecular weight is 289 g/mol. The molecule has 0 aliphatic rings. The third-order valence-corrected chi connectivity index (χ3v) is 2.84. The topological polar surface area (TPSA) is 97.5 Å². The molecule has 0 atom stereocenters. The van der Waals surface area contributed by atoms with Gasteiger partial charge in [0, 0.05) is 19.3 Å². The minimum Gasteiger partial charge on any atom is -0.328 e. The van der Waals surface area contributed by atoms with Crippen LogP contribution >= 0.6 is 0 Å². The summed E-state index contributed by atoms with van der Waals surface area (Å²) < 4.78 is 0. The molecule has 6 nitrogen and oxygen atoms in total. The Balaban J connectivity index is 0. The van der Waals surface area contributed by atoms with Crippen LogP contribution in [0.1, 0.15) is 77.6 Å². The van der Waals surface area contributed by atoms with Crippen molar-refractivity contribution in [2.75, 3.05) is 0 Å². The second kappa shape index (κ2) is 17.5. The number of aldehydes is 1. The van der Waals surface area contributed by atoms with Gasteiger partial charge in [0.15, 0.2) is 0 Å². The molecule has 0 aromatic heterocycles. The minimum atomic E-state index is -1.50. The van der Waals surface area contributed by atoms with E-state index in [9.17, 15) is 9.59 Å². The van der Waals surface area contributed by atoms with E-state index in [0.717, 1.165) is 57.7 Å². The van der Waals surface area contributed by atoms with Gasteiger partial charge in [-0.15, -0.1) is 10.1 Å². The Morgan fingerprint density at radius 1 is 1.05 bits per heavy atom. The molecular formula is C14H27NO5. The molecule has 118 valence electrons. The summed E-state index contributed by atoms with van der Waals surface area (Å²) in [6.07, 6.45) is 12.1. The molecular weight excluding hydrogens is 262 g/mol. The van der Waals surface area contributed by atoms with Crippen LogP contribution in [0.5, 0.6) is 0 Å². The first-order valence-corrected chi connectivity index (χ1v) is 7.33. The number of Topliss-reactive ketones (excluding diaryl/α,β-unsaturated/α-hetero) is 1. The van der Waals surface area contributed by atoms with Crippen LogP contribution in [-0.2, 0) is 9.59 Å². The second-order valence-electron chi connectivity index (χ2n) is 4.71. The number of unbranched alkanes of at least 4 members (excludes halogenated alkanes) is 7. The van der Waals surface area contributed by atoms with Gasteiger partial charge in [-0.2, -0.15) is 0 Å². The molecule has 0 aromatic carbocycles. The molecule has 0 saturated carbocycles. The van der Waals surface area contributed by atoms with E-state index in [4.69, 9.17) is 15.3 Å². The van der Waals surface area contributed by atoms with Crippen molar-refractivity contribution in [3.63, 3.8) is 0 Å². The largest absolute Gasteiger partial charge is 0.328 e. The van der Waals surface area contributed by atoms with Crippen LogP contribution in [-0.4, -0.2) is 22.4 Å². The zero-order valence-corrected chi connectivity index (χ0v) is 12.4. The van der Waals surface area contributed by atoms with E-state index in [1.165, 1.54) is 12.8 Å². The molecule has 0 aliphatic carbocycles. The molecule has 0 unspecified atom stereocenters. The highest BCUT2D eigenvalue weighted by Gasteiger charge is 2.00. The zero-order chi connectivity index (χ0) is 15.6. The van der Waals surface area contributed by atoms with Crippen LogP contribution in [0.25, 0.3) is 0 Å². The Hall–Kier alpha value is -1.46. The SMILES string of the molecule is CCCCCC(=O)CCCCCCCC=O.O=[N+]([O-])O. The first-order chi connectivity index (χ1) is 9.54. The average Bonchev–Trinajstić information content (AvgIpc) is 2.37. The quantitative estimate of drug-likeness (QED) is 0.255. The molecule has 0 aliphatic heterocycles. The maximum atomic E-state index is 11.4. The maximum Gasteiger partial charge on any atom is 0.291 e. The summed E-state index contributed by atoms with van der Waals surface area (Å²) >= 11 is 0. The lowest BCUT2D eigenvalue weighted by Gasteiger charge is -2.01. The highest BCUT2D eigenvalue weighted by Crippen LogP contribution is 2.09. The molecule has 0 heterocycles. The van der Waals surface area contributed by atoms with E-state index in [1.807, 2.05) is 0 Å². The number of nitrogens with zero attached hydrogens (tertiary/aromatic N) is 1. The van der Waals surface area contributed by atoms with Crippen molar-refractivity contribution in [2.45, 2.75) is 77.6 Å². The fourth-order valence-electron chi connectivity index (χ4n) is 1.78. The van der Waals surface area contributed by atoms with Crippen LogP contribution in [0.4, 0.5) is 0 Å². The molecule has 0 aromatic rings. The predicted molar refractivity (Wildman–Crippen MR) is 76.3 cm³/mol. The summed E-state index contributed by atoms with van der Waals surface area (Å²) in [5.74, 6) is 0.432.